The fraction of sp³-hybridized carbons (Fsp3) is 0.529. The molecule has 1 fully saturated rings. The normalized spacial score (nSPS) is 15.8. The van der Waals surface area contributed by atoms with Crippen molar-refractivity contribution in [2.45, 2.75) is 25.9 Å². The maximum Gasteiger partial charge on any atom is 0.416 e. The molecule has 1 amide bonds. The lowest BCUT2D eigenvalue weighted by atomic mass is 9.97. The van der Waals surface area contributed by atoms with Crippen molar-refractivity contribution in [2.24, 2.45) is 5.92 Å². The van der Waals surface area contributed by atoms with Gasteiger partial charge in [0.05, 0.1) is 24.6 Å². The third-order valence-corrected chi connectivity index (χ3v) is 4.12. The predicted molar refractivity (Wildman–Crippen MR) is 85.9 cm³/mol. The Morgan fingerprint density at radius 1 is 1.20 bits per heavy atom. The Morgan fingerprint density at radius 3 is 2.32 bits per heavy atom. The molecule has 0 radical (unpaired) electrons. The maximum absolute atomic E-state index is 12.5. The summed E-state index contributed by atoms with van der Waals surface area (Å²) in [7, 11) is 0. The number of halogens is 3. The van der Waals surface area contributed by atoms with E-state index >= 15 is 0 Å². The molecule has 0 spiro atoms. The summed E-state index contributed by atoms with van der Waals surface area (Å²) in [4.78, 5) is 25.5. The highest BCUT2D eigenvalue weighted by atomic mass is 19.4. The van der Waals surface area contributed by atoms with E-state index in [0.717, 1.165) is 12.1 Å². The second kappa shape index (κ2) is 8.22. The molecule has 25 heavy (non-hydrogen) atoms. The topological polar surface area (TPSA) is 58.6 Å². The van der Waals surface area contributed by atoms with Gasteiger partial charge in [0, 0.05) is 18.8 Å². The molecule has 1 heterocycles. The van der Waals surface area contributed by atoms with E-state index < -0.39 is 11.7 Å². The van der Waals surface area contributed by atoms with Crippen LogP contribution in [0.2, 0.25) is 0 Å². The minimum absolute atomic E-state index is 0.00453. The number of carbonyl (C=O) groups is 2. The van der Waals surface area contributed by atoms with Crippen molar-refractivity contribution in [3.8, 4) is 0 Å². The van der Waals surface area contributed by atoms with E-state index in [2.05, 4.69) is 5.32 Å². The number of amides is 1. The van der Waals surface area contributed by atoms with Gasteiger partial charge in [-0.05, 0) is 44.0 Å². The van der Waals surface area contributed by atoms with Gasteiger partial charge in [0.1, 0.15) is 0 Å². The van der Waals surface area contributed by atoms with Gasteiger partial charge < -0.3 is 15.0 Å². The van der Waals surface area contributed by atoms with Crippen LogP contribution in [0.5, 0.6) is 0 Å². The van der Waals surface area contributed by atoms with Crippen LogP contribution in [0.15, 0.2) is 24.3 Å². The van der Waals surface area contributed by atoms with Gasteiger partial charge in [-0.25, -0.2) is 0 Å². The summed E-state index contributed by atoms with van der Waals surface area (Å²) in [5.41, 5.74) is -0.284. The largest absolute Gasteiger partial charge is 0.466 e. The fourth-order valence-corrected chi connectivity index (χ4v) is 2.69. The number of hydrogen-bond acceptors (Lipinski definition) is 4. The molecule has 0 aliphatic carbocycles. The second-order valence-corrected chi connectivity index (χ2v) is 5.84. The van der Waals surface area contributed by atoms with Gasteiger partial charge in [0.15, 0.2) is 0 Å². The van der Waals surface area contributed by atoms with Gasteiger partial charge in [-0.15, -0.1) is 0 Å². The molecule has 8 heteroatoms. The number of nitrogens with zero attached hydrogens (tertiary/aromatic N) is 1. The lowest BCUT2D eigenvalue weighted by Gasteiger charge is -2.31. The molecule has 138 valence electrons. The Hall–Kier alpha value is -2.25. The Morgan fingerprint density at radius 2 is 1.80 bits per heavy atom. The van der Waals surface area contributed by atoms with Gasteiger partial charge >= 0.3 is 12.1 Å². The highest BCUT2D eigenvalue weighted by molar-refractivity contribution is 5.81. The summed E-state index contributed by atoms with van der Waals surface area (Å²) in [5.74, 6) is -0.549. The van der Waals surface area contributed by atoms with Gasteiger partial charge in [-0.3, -0.25) is 9.59 Å². The highest BCUT2D eigenvalue weighted by Crippen LogP contribution is 2.29. The lowest BCUT2D eigenvalue weighted by molar-refractivity contribution is -0.151. The number of hydrogen-bond donors (Lipinski definition) is 1. The van der Waals surface area contributed by atoms with Crippen LogP contribution in [-0.2, 0) is 20.5 Å². The van der Waals surface area contributed by atoms with Crippen molar-refractivity contribution in [3.05, 3.63) is 29.8 Å². The summed E-state index contributed by atoms with van der Waals surface area (Å²) < 4.78 is 42.5. The van der Waals surface area contributed by atoms with Gasteiger partial charge in [0.2, 0.25) is 5.91 Å². The number of rotatable bonds is 5. The smallest absolute Gasteiger partial charge is 0.416 e. The van der Waals surface area contributed by atoms with E-state index in [0.29, 0.717) is 38.2 Å². The number of carbonyl (C=O) groups excluding carboxylic acids is 2. The lowest BCUT2D eigenvalue weighted by Crippen LogP contribution is -2.43. The predicted octanol–water partition coefficient (Wildman–Crippen LogP) is 2.92. The van der Waals surface area contributed by atoms with Crippen LogP contribution in [0.25, 0.3) is 0 Å². The van der Waals surface area contributed by atoms with Crippen LogP contribution in [0.4, 0.5) is 18.9 Å². The summed E-state index contributed by atoms with van der Waals surface area (Å²) in [6.45, 7) is 3.03. The molecular weight excluding hydrogens is 337 g/mol. The van der Waals surface area contributed by atoms with Crippen molar-refractivity contribution in [1.29, 1.82) is 0 Å². The molecule has 1 aliphatic rings. The molecule has 0 atom stereocenters. The first kappa shape index (κ1) is 19.1. The maximum atomic E-state index is 12.5. The average molecular weight is 358 g/mol. The first-order valence-corrected chi connectivity index (χ1v) is 8.16. The molecule has 0 aromatic heterocycles. The van der Waals surface area contributed by atoms with Crippen LogP contribution >= 0.6 is 0 Å². The van der Waals surface area contributed by atoms with Crippen LogP contribution in [-0.4, -0.2) is 43.0 Å². The summed E-state index contributed by atoms with van der Waals surface area (Å²) >= 11 is 0. The molecule has 1 N–H and O–H groups in total. The zero-order valence-corrected chi connectivity index (χ0v) is 13.9. The average Bonchev–Trinajstić information content (AvgIpc) is 2.59. The van der Waals surface area contributed by atoms with E-state index in [-0.39, 0.29) is 24.3 Å². The van der Waals surface area contributed by atoms with Crippen molar-refractivity contribution in [1.82, 2.24) is 4.90 Å². The highest BCUT2D eigenvalue weighted by Gasteiger charge is 2.30. The zero-order valence-electron chi connectivity index (χ0n) is 13.9. The second-order valence-electron chi connectivity index (χ2n) is 5.84. The SMILES string of the molecule is CCOC(=O)C1CCN(C(=O)CNc2ccc(C(F)(F)F)cc2)CC1. The molecule has 1 saturated heterocycles. The number of benzene rings is 1. The van der Waals surface area contributed by atoms with Crippen molar-refractivity contribution >= 4 is 17.6 Å². The molecule has 0 unspecified atom stereocenters. The van der Waals surface area contributed by atoms with E-state index in [9.17, 15) is 22.8 Å². The number of likely N-dealkylation sites (tertiary alicyclic amines) is 1. The molecule has 1 aromatic rings. The molecule has 1 aromatic carbocycles. The van der Waals surface area contributed by atoms with Crippen molar-refractivity contribution in [3.63, 3.8) is 0 Å². The summed E-state index contributed by atoms with van der Waals surface area (Å²) in [6.07, 6.45) is -3.26. The van der Waals surface area contributed by atoms with Crippen molar-refractivity contribution < 1.29 is 27.5 Å². The molecular formula is C17H21F3N2O3. The Balaban J connectivity index is 1.78. The van der Waals surface area contributed by atoms with E-state index in [1.54, 1.807) is 11.8 Å². The first-order valence-electron chi connectivity index (χ1n) is 8.16. The van der Waals surface area contributed by atoms with E-state index in [4.69, 9.17) is 4.74 Å². The van der Waals surface area contributed by atoms with Crippen LogP contribution < -0.4 is 5.32 Å². The number of ether oxygens (including phenoxy) is 1. The third-order valence-electron chi connectivity index (χ3n) is 4.12. The Kier molecular flexibility index (Phi) is 6.27. The molecule has 1 aliphatic heterocycles. The van der Waals surface area contributed by atoms with Gasteiger partial charge in [-0.2, -0.15) is 13.2 Å². The standard InChI is InChI=1S/C17H21F3N2O3/c1-2-25-16(24)12-7-9-22(10-8-12)15(23)11-21-14-5-3-13(4-6-14)17(18,19)20/h3-6,12,21H,2,7-11H2,1H3. The third kappa shape index (κ3) is 5.37. The molecule has 0 saturated carbocycles. The fourth-order valence-electron chi connectivity index (χ4n) is 2.69. The van der Waals surface area contributed by atoms with E-state index in [1.807, 2.05) is 0 Å². The molecule has 5 nitrogen and oxygen atoms in total. The van der Waals surface area contributed by atoms with Gasteiger partial charge in [-0.1, -0.05) is 0 Å². The van der Waals surface area contributed by atoms with Crippen LogP contribution in [0, 0.1) is 5.92 Å². The number of anilines is 1. The number of alkyl halides is 3. The quantitative estimate of drug-likeness (QED) is 0.823. The number of esters is 1. The molecule has 2 rings (SSSR count). The Bertz CT molecular complexity index is 594. The number of nitrogens with one attached hydrogen (secondary N) is 1. The zero-order chi connectivity index (χ0) is 18.4. The van der Waals surface area contributed by atoms with Crippen LogP contribution in [0.1, 0.15) is 25.3 Å². The van der Waals surface area contributed by atoms with Crippen molar-refractivity contribution in [2.75, 3.05) is 31.6 Å². The Labute approximate surface area is 144 Å². The first-order chi connectivity index (χ1) is 11.8. The van der Waals surface area contributed by atoms with Crippen LogP contribution in [0.3, 0.4) is 0 Å². The summed E-state index contributed by atoms with van der Waals surface area (Å²) in [6, 6.07) is 4.53. The van der Waals surface area contributed by atoms with E-state index in [1.165, 1.54) is 12.1 Å². The minimum atomic E-state index is -4.38. The summed E-state index contributed by atoms with van der Waals surface area (Å²) in [5, 5.41) is 2.82. The minimum Gasteiger partial charge on any atom is -0.466 e. The molecule has 0 bridgehead atoms. The van der Waals surface area contributed by atoms with Gasteiger partial charge in [0.25, 0.3) is 0 Å². The number of piperidine rings is 1. The monoisotopic (exact) mass is 358 g/mol.